The standard InChI is InChI=1S/C27H28ClFN2O3/c1-33-23-6-4-5-20(17-23)19-34-26(21-9-11-22(28)12-10-21)18-30-13-15-31(16-14-30)27(32)24-7-2-3-8-25(24)29/h2-12,17,26H,13-16,18-19H2,1H3/t26-/m0/s1. The third-order valence-electron chi connectivity index (χ3n) is 6.01. The molecule has 7 heteroatoms. The van der Waals surface area contributed by atoms with Crippen molar-refractivity contribution in [1.82, 2.24) is 9.80 Å². The Kier molecular flexibility index (Phi) is 8.16. The van der Waals surface area contributed by atoms with Crippen molar-refractivity contribution in [1.29, 1.82) is 0 Å². The molecule has 0 aliphatic carbocycles. The maximum Gasteiger partial charge on any atom is 0.256 e. The van der Waals surface area contributed by atoms with Gasteiger partial charge in [0.1, 0.15) is 11.6 Å². The number of hydrogen-bond donors (Lipinski definition) is 0. The molecule has 1 amide bonds. The lowest BCUT2D eigenvalue weighted by atomic mass is 10.1. The van der Waals surface area contributed by atoms with Crippen molar-refractivity contribution in [2.75, 3.05) is 39.8 Å². The second-order valence-corrected chi connectivity index (χ2v) is 8.71. The third kappa shape index (κ3) is 6.14. The van der Waals surface area contributed by atoms with E-state index >= 15 is 0 Å². The summed E-state index contributed by atoms with van der Waals surface area (Å²) < 4.78 is 25.7. The first-order valence-corrected chi connectivity index (χ1v) is 11.7. The molecule has 0 unspecified atom stereocenters. The predicted octanol–water partition coefficient (Wildman–Crippen LogP) is 5.20. The Bertz CT molecular complexity index is 1100. The summed E-state index contributed by atoms with van der Waals surface area (Å²) in [5, 5.41) is 0.676. The quantitative estimate of drug-likeness (QED) is 0.442. The van der Waals surface area contributed by atoms with Crippen LogP contribution in [0.25, 0.3) is 0 Å². The zero-order chi connectivity index (χ0) is 23.9. The van der Waals surface area contributed by atoms with E-state index in [1.807, 2.05) is 48.5 Å². The van der Waals surface area contributed by atoms with Crippen molar-refractivity contribution in [3.63, 3.8) is 0 Å². The van der Waals surface area contributed by atoms with Crippen molar-refractivity contribution >= 4 is 17.5 Å². The zero-order valence-corrected chi connectivity index (χ0v) is 19.9. The first kappa shape index (κ1) is 24.2. The van der Waals surface area contributed by atoms with Crippen LogP contribution in [0.4, 0.5) is 4.39 Å². The molecular weight excluding hydrogens is 455 g/mol. The van der Waals surface area contributed by atoms with Gasteiger partial charge in [-0.15, -0.1) is 0 Å². The first-order valence-electron chi connectivity index (χ1n) is 11.3. The summed E-state index contributed by atoms with van der Waals surface area (Å²) >= 11 is 6.09. The van der Waals surface area contributed by atoms with Crippen LogP contribution in [0, 0.1) is 5.82 Å². The van der Waals surface area contributed by atoms with Gasteiger partial charge in [-0.3, -0.25) is 9.69 Å². The number of benzene rings is 3. The number of halogens is 2. The highest BCUT2D eigenvalue weighted by Gasteiger charge is 2.26. The smallest absolute Gasteiger partial charge is 0.256 e. The van der Waals surface area contributed by atoms with Gasteiger partial charge >= 0.3 is 0 Å². The number of amides is 1. The first-order chi connectivity index (χ1) is 16.5. The molecular formula is C27H28ClFN2O3. The molecule has 1 heterocycles. The molecule has 3 aromatic carbocycles. The third-order valence-corrected chi connectivity index (χ3v) is 6.27. The Labute approximate surface area is 204 Å². The van der Waals surface area contributed by atoms with E-state index in [2.05, 4.69) is 4.90 Å². The zero-order valence-electron chi connectivity index (χ0n) is 19.1. The van der Waals surface area contributed by atoms with Crippen LogP contribution in [-0.4, -0.2) is 55.5 Å². The minimum Gasteiger partial charge on any atom is -0.497 e. The molecule has 4 rings (SSSR count). The summed E-state index contributed by atoms with van der Waals surface area (Å²) in [5.74, 6) is 0.0461. The number of carbonyl (C=O) groups is 1. The van der Waals surface area contributed by atoms with E-state index in [4.69, 9.17) is 21.1 Å². The van der Waals surface area contributed by atoms with Gasteiger partial charge in [-0.25, -0.2) is 4.39 Å². The molecule has 0 bridgehead atoms. The second-order valence-electron chi connectivity index (χ2n) is 8.28. The number of rotatable bonds is 8. The SMILES string of the molecule is COc1cccc(CO[C@@H](CN2CCN(C(=O)c3ccccc3F)CC2)c2ccc(Cl)cc2)c1. The Morgan fingerprint density at radius 3 is 2.44 bits per heavy atom. The maximum atomic E-state index is 14.0. The number of ether oxygens (including phenoxy) is 2. The number of nitrogens with zero attached hydrogens (tertiary/aromatic N) is 2. The van der Waals surface area contributed by atoms with E-state index in [0.29, 0.717) is 44.4 Å². The molecule has 0 aromatic heterocycles. The van der Waals surface area contributed by atoms with Gasteiger partial charge < -0.3 is 14.4 Å². The summed E-state index contributed by atoms with van der Waals surface area (Å²) in [7, 11) is 1.65. The maximum absolute atomic E-state index is 14.0. The lowest BCUT2D eigenvalue weighted by Gasteiger charge is -2.36. The van der Waals surface area contributed by atoms with Gasteiger partial charge in [-0.2, -0.15) is 0 Å². The van der Waals surface area contributed by atoms with Crippen molar-refractivity contribution in [2.24, 2.45) is 0 Å². The van der Waals surface area contributed by atoms with Crippen molar-refractivity contribution in [3.8, 4) is 5.75 Å². The topological polar surface area (TPSA) is 42.0 Å². The monoisotopic (exact) mass is 482 g/mol. The molecule has 0 N–H and O–H groups in total. The van der Waals surface area contributed by atoms with E-state index in [9.17, 15) is 9.18 Å². The largest absolute Gasteiger partial charge is 0.497 e. The van der Waals surface area contributed by atoms with Crippen LogP contribution in [0.15, 0.2) is 72.8 Å². The molecule has 0 radical (unpaired) electrons. The number of methoxy groups -OCH3 is 1. The minimum atomic E-state index is -0.483. The normalized spacial score (nSPS) is 15.2. The van der Waals surface area contributed by atoms with Crippen molar-refractivity contribution in [3.05, 3.63) is 100 Å². The summed E-state index contributed by atoms with van der Waals surface area (Å²) in [6.07, 6.45) is -0.169. The lowest BCUT2D eigenvalue weighted by molar-refractivity contribution is 0.00333. The average molecular weight is 483 g/mol. The van der Waals surface area contributed by atoms with Gasteiger partial charge in [0, 0.05) is 37.7 Å². The van der Waals surface area contributed by atoms with Gasteiger partial charge in [0.15, 0.2) is 0 Å². The van der Waals surface area contributed by atoms with Crippen LogP contribution < -0.4 is 4.74 Å². The fourth-order valence-corrected chi connectivity index (χ4v) is 4.19. The van der Waals surface area contributed by atoms with E-state index in [-0.39, 0.29) is 17.6 Å². The highest BCUT2D eigenvalue weighted by Crippen LogP contribution is 2.24. The molecule has 178 valence electrons. The Morgan fingerprint density at radius 1 is 1.00 bits per heavy atom. The Balaban J connectivity index is 1.40. The van der Waals surface area contributed by atoms with Crippen LogP contribution in [0.5, 0.6) is 5.75 Å². The molecule has 1 saturated heterocycles. The van der Waals surface area contributed by atoms with Crippen LogP contribution >= 0.6 is 11.6 Å². The number of piperazine rings is 1. The fraction of sp³-hybridized carbons (Fsp3) is 0.296. The van der Waals surface area contributed by atoms with Crippen molar-refractivity contribution in [2.45, 2.75) is 12.7 Å². The van der Waals surface area contributed by atoms with Gasteiger partial charge in [-0.05, 0) is 47.5 Å². The van der Waals surface area contributed by atoms with Gasteiger partial charge in [0.05, 0.1) is 25.4 Å². The minimum absolute atomic E-state index is 0.122. The molecule has 1 fully saturated rings. The van der Waals surface area contributed by atoms with Crippen LogP contribution in [0.3, 0.4) is 0 Å². The molecule has 1 aliphatic rings. The van der Waals surface area contributed by atoms with Gasteiger partial charge in [0.25, 0.3) is 5.91 Å². The van der Waals surface area contributed by atoms with E-state index in [1.165, 1.54) is 12.1 Å². The summed E-state index contributed by atoms with van der Waals surface area (Å²) in [6.45, 7) is 3.57. The Morgan fingerprint density at radius 2 is 1.74 bits per heavy atom. The molecule has 34 heavy (non-hydrogen) atoms. The van der Waals surface area contributed by atoms with E-state index in [0.717, 1.165) is 16.9 Å². The molecule has 1 aliphatic heterocycles. The highest BCUT2D eigenvalue weighted by molar-refractivity contribution is 6.30. The van der Waals surface area contributed by atoms with Gasteiger partial charge in [-0.1, -0.05) is 48.0 Å². The molecule has 0 spiro atoms. The summed E-state index contributed by atoms with van der Waals surface area (Å²) in [4.78, 5) is 16.7. The van der Waals surface area contributed by atoms with Crippen LogP contribution in [0.2, 0.25) is 5.02 Å². The number of carbonyl (C=O) groups excluding carboxylic acids is 1. The van der Waals surface area contributed by atoms with Crippen molar-refractivity contribution < 1.29 is 18.7 Å². The predicted molar refractivity (Wildman–Crippen MR) is 131 cm³/mol. The lowest BCUT2D eigenvalue weighted by Crippen LogP contribution is -2.49. The Hall–Kier alpha value is -2.93. The number of hydrogen-bond acceptors (Lipinski definition) is 4. The van der Waals surface area contributed by atoms with Crippen LogP contribution in [0.1, 0.15) is 27.6 Å². The average Bonchev–Trinajstić information content (AvgIpc) is 2.87. The van der Waals surface area contributed by atoms with Crippen LogP contribution in [-0.2, 0) is 11.3 Å². The molecule has 1 atom stereocenters. The molecule has 3 aromatic rings. The molecule has 0 saturated carbocycles. The van der Waals surface area contributed by atoms with E-state index in [1.54, 1.807) is 24.1 Å². The summed E-state index contributed by atoms with van der Waals surface area (Å²) in [6, 6.07) is 21.6. The molecule has 5 nitrogen and oxygen atoms in total. The second kappa shape index (κ2) is 11.5. The summed E-state index contributed by atoms with van der Waals surface area (Å²) in [5.41, 5.74) is 2.19. The fourth-order valence-electron chi connectivity index (χ4n) is 4.06. The van der Waals surface area contributed by atoms with Gasteiger partial charge in [0.2, 0.25) is 0 Å². The van der Waals surface area contributed by atoms with E-state index < -0.39 is 5.82 Å². The highest BCUT2D eigenvalue weighted by atomic mass is 35.5.